The van der Waals surface area contributed by atoms with Crippen molar-refractivity contribution in [3.05, 3.63) is 81.9 Å². The van der Waals surface area contributed by atoms with Gasteiger partial charge in [0.1, 0.15) is 12.4 Å². The molecule has 0 fully saturated rings. The molecule has 0 atom stereocenters. The monoisotopic (exact) mass is 421 g/mol. The van der Waals surface area contributed by atoms with E-state index < -0.39 is 11.4 Å². The maximum atomic E-state index is 13.2. The van der Waals surface area contributed by atoms with Crippen LogP contribution in [-0.2, 0) is 5.54 Å². The maximum absolute atomic E-state index is 13.2. The van der Waals surface area contributed by atoms with Crippen LogP contribution in [-0.4, -0.2) is 28.6 Å². The highest BCUT2D eigenvalue weighted by Crippen LogP contribution is 2.31. The normalized spacial score (nSPS) is 11.2. The van der Waals surface area contributed by atoms with E-state index in [2.05, 4.69) is 10.3 Å². The molecule has 31 heavy (non-hydrogen) atoms. The minimum Gasteiger partial charge on any atom is -0.492 e. The summed E-state index contributed by atoms with van der Waals surface area (Å²) in [6.45, 7) is 6.52. The summed E-state index contributed by atoms with van der Waals surface area (Å²) in [5, 5.41) is 3.24. The minimum atomic E-state index is -0.666. The zero-order valence-electron chi connectivity index (χ0n) is 17.9. The van der Waals surface area contributed by atoms with Gasteiger partial charge in [-0.2, -0.15) is 0 Å². The average molecular weight is 422 g/mol. The molecule has 0 bridgehead atoms. The smallest absolute Gasteiger partial charge is 0.297 e. The molecule has 0 saturated carbocycles. The Morgan fingerprint density at radius 1 is 1.23 bits per heavy atom. The van der Waals surface area contributed by atoms with Gasteiger partial charge in [0, 0.05) is 30.1 Å². The third-order valence-electron chi connectivity index (χ3n) is 4.96. The Morgan fingerprint density at radius 3 is 2.68 bits per heavy atom. The lowest BCUT2D eigenvalue weighted by Crippen LogP contribution is -2.34. The van der Waals surface area contributed by atoms with Gasteiger partial charge >= 0.3 is 0 Å². The van der Waals surface area contributed by atoms with E-state index in [9.17, 15) is 9.59 Å². The van der Waals surface area contributed by atoms with Crippen LogP contribution in [0.1, 0.15) is 35.3 Å². The number of para-hydroxylation sites is 1. The van der Waals surface area contributed by atoms with Gasteiger partial charge < -0.3 is 21.5 Å². The number of carbonyl (C=O) groups excluding carboxylic acids is 1. The van der Waals surface area contributed by atoms with Crippen molar-refractivity contribution >= 4 is 11.7 Å². The molecule has 1 heterocycles. The molecule has 2 aromatic carbocycles. The van der Waals surface area contributed by atoms with Crippen molar-refractivity contribution in [2.75, 3.05) is 18.5 Å². The molecule has 5 N–H and O–H groups in total. The summed E-state index contributed by atoms with van der Waals surface area (Å²) in [6, 6.07) is 12.6. The number of nitrogens with zero attached hydrogens (tertiary/aromatic N) is 2. The maximum Gasteiger partial charge on any atom is 0.297 e. The van der Waals surface area contributed by atoms with Crippen LogP contribution in [0.5, 0.6) is 5.75 Å². The van der Waals surface area contributed by atoms with E-state index in [-0.39, 0.29) is 11.4 Å². The van der Waals surface area contributed by atoms with Gasteiger partial charge in [-0.25, -0.2) is 4.98 Å². The Bertz CT molecular complexity index is 1150. The lowest BCUT2D eigenvalue weighted by molar-refractivity contribution is 0.1000. The predicted octanol–water partition coefficient (Wildman–Crippen LogP) is 2.32. The molecule has 0 saturated heterocycles. The lowest BCUT2D eigenvalue weighted by atomic mass is 9.93. The van der Waals surface area contributed by atoms with Crippen LogP contribution in [0, 0.1) is 6.92 Å². The number of hydrogen-bond donors (Lipinski definition) is 3. The van der Waals surface area contributed by atoms with Crippen LogP contribution in [0.4, 0.5) is 5.82 Å². The van der Waals surface area contributed by atoms with E-state index in [1.165, 1.54) is 10.8 Å². The van der Waals surface area contributed by atoms with E-state index in [4.69, 9.17) is 16.2 Å². The molecule has 162 valence electrons. The number of ether oxygens (including phenoxy) is 1. The summed E-state index contributed by atoms with van der Waals surface area (Å²) >= 11 is 0. The molecule has 3 aromatic rings. The van der Waals surface area contributed by atoms with Crippen molar-refractivity contribution in [2.45, 2.75) is 26.3 Å². The molecule has 0 radical (unpaired) electrons. The van der Waals surface area contributed by atoms with E-state index >= 15 is 0 Å². The van der Waals surface area contributed by atoms with Gasteiger partial charge in [-0.05, 0) is 44.5 Å². The largest absolute Gasteiger partial charge is 0.492 e. The van der Waals surface area contributed by atoms with Gasteiger partial charge in [-0.15, -0.1) is 0 Å². The molecular formula is C23H27N5O3. The lowest BCUT2D eigenvalue weighted by Gasteiger charge is -2.29. The van der Waals surface area contributed by atoms with Crippen LogP contribution in [0.2, 0.25) is 0 Å². The van der Waals surface area contributed by atoms with Gasteiger partial charge in [0.15, 0.2) is 5.82 Å². The number of aromatic nitrogens is 2. The number of anilines is 1. The molecule has 8 nitrogen and oxygen atoms in total. The van der Waals surface area contributed by atoms with Crippen molar-refractivity contribution in [3.63, 3.8) is 0 Å². The van der Waals surface area contributed by atoms with Crippen LogP contribution in [0.3, 0.4) is 0 Å². The molecule has 0 aliphatic rings. The first kappa shape index (κ1) is 22.0. The average Bonchev–Trinajstić information content (AvgIpc) is 2.74. The summed E-state index contributed by atoms with van der Waals surface area (Å²) < 4.78 is 7.22. The standard InChI is InChI=1S/C23H27N5O3/c1-15-8-9-16(20(25)29)14-18(15)28-12-11-26-21(22(28)30)27-23(2,3)17-6-4-5-7-19(17)31-13-10-24/h4-9,11-12,14H,10,13,24H2,1-3H3,(H2,25,29)(H,26,27). The number of nitrogens with two attached hydrogens (primary N) is 2. The fraction of sp³-hybridized carbons (Fsp3) is 0.261. The number of rotatable bonds is 8. The number of carbonyl (C=O) groups is 1. The second kappa shape index (κ2) is 9.01. The Kier molecular flexibility index (Phi) is 6.41. The number of benzene rings is 2. The van der Waals surface area contributed by atoms with E-state index in [1.807, 2.05) is 45.0 Å². The van der Waals surface area contributed by atoms with Crippen molar-refractivity contribution in [1.29, 1.82) is 0 Å². The fourth-order valence-electron chi connectivity index (χ4n) is 3.35. The van der Waals surface area contributed by atoms with Crippen molar-refractivity contribution < 1.29 is 9.53 Å². The summed E-state index contributed by atoms with van der Waals surface area (Å²) in [5.41, 5.74) is 12.5. The van der Waals surface area contributed by atoms with Crippen LogP contribution in [0.15, 0.2) is 59.7 Å². The second-order valence-corrected chi connectivity index (χ2v) is 7.70. The van der Waals surface area contributed by atoms with Crippen molar-refractivity contribution in [3.8, 4) is 11.4 Å². The van der Waals surface area contributed by atoms with E-state index in [1.54, 1.807) is 24.4 Å². The molecule has 8 heteroatoms. The highest BCUT2D eigenvalue weighted by molar-refractivity contribution is 5.93. The number of nitrogens with one attached hydrogen (secondary N) is 1. The predicted molar refractivity (Wildman–Crippen MR) is 121 cm³/mol. The molecule has 0 aliphatic heterocycles. The van der Waals surface area contributed by atoms with Gasteiger partial charge in [0.2, 0.25) is 5.91 Å². The highest BCUT2D eigenvalue weighted by atomic mass is 16.5. The Labute approximate surface area is 180 Å². The quantitative estimate of drug-likeness (QED) is 0.513. The van der Waals surface area contributed by atoms with Crippen LogP contribution < -0.4 is 27.1 Å². The second-order valence-electron chi connectivity index (χ2n) is 7.70. The zero-order chi connectivity index (χ0) is 22.6. The topological polar surface area (TPSA) is 125 Å². The number of amides is 1. The third-order valence-corrected chi connectivity index (χ3v) is 4.96. The Balaban J connectivity index is 2.01. The Hall–Kier alpha value is -3.65. The molecule has 1 amide bonds. The molecule has 0 spiro atoms. The summed E-state index contributed by atoms with van der Waals surface area (Å²) in [5.74, 6) is 0.300. The molecule has 0 unspecified atom stereocenters. The van der Waals surface area contributed by atoms with E-state index in [0.29, 0.717) is 30.2 Å². The first-order chi connectivity index (χ1) is 14.7. The first-order valence-electron chi connectivity index (χ1n) is 9.93. The SMILES string of the molecule is Cc1ccc(C(N)=O)cc1-n1ccnc(NC(C)(C)c2ccccc2OCCN)c1=O. The summed E-state index contributed by atoms with van der Waals surface area (Å²) in [6.07, 6.45) is 3.10. The first-order valence-corrected chi connectivity index (χ1v) is 9.93. The van der Waals surface area contributed by atoms with Crippen LogP contribution in [0.25, 0.3) is 5.69 Å². The van der Waals surface area contributed by atoms with Gasteiger partial charge in [-0.3, -0.25) is 14.2 Å². The zero-order valence-corrected chi connectivity index (χ0v) is 17.9. The Morgan fingerprint density at radius 2 is 1.97 bits per heavy atom. The van der Waals surface area contributed by atoms with E-state index in [0.717, 1.165) is 11.1 Å². The highest BCUT2D eigenvalue weighted by Gasteiger charge is 2.26. The molecule has 0 aliphatic carbocycles. The van der Waals surface area contributed by atoms with Crippen molar-refractivity contribution in [2.24, 2.45) is 11.5 Å². The third kappa shape index (κ3) is 4.75. The molecule has 3 rings (SSSR count). The minimum absolute atomic E-state index is 0.171. The van der Waals surface area contributed by atoms with Crippen molar-refractivity contribution in [1.82, 2.24) is 9.55 Å². The van der Waals surface area contributed by atoms with Crippen LogP contribution >= 0.6 is 0 Å². The summed E-state index contributed by atoms with van der Waals surface area (Å²) in [7, 11) is 0. The number of primary amides is 1. The van der Waals surface area contributed by atoms with Gasteiger partial charge in [0.25, 0.3) is 5.56 Å². The molecule has 1 aromatic heterocycles. The summed E-state index contributed by atoms with van der Waals surface area (Å²) in [4.78, 5) is 29.1. The number of aryl methyl sites for hydroxylation is 1. The van der Waals surface area contributed by atoms with Gasteiger partial charge in [-0.1, -0.05) is 24.3 Å². The fourth-order valence-corrected chi connectivity index (χ4v) is 3.35. The van der Waals surface area contributed by atoms with Gasteiger partial charge in [0.05, 0.1) is 11.2 Å². The number of hydrogen-bond acceptors (Lipinski definition) is 6. The molecular weight excluding hydrogens is 394 g/mol.